The van der Waals surface area contributed by atoms with Gasteiger partial charge in [0.05, 0.1) is 42.1 Å². The number of hydrogen-bond donors (Lipinski definition) is 0. The largest absolute Gasteiger partial charge is 0.462 e. The van der Waals surface area contributed by atoms with Crippen LogP contribution in [0, 0.1) is 23.2 Å². The maximum atomic E-state index is 11.9. The Labute approximate surface area is 163 Å². The first kappa shape index (κ1) is 17.2. The van der Waals surface area contributed by atoms with E-state index < -0.39 is 5.41 Å². The Morgan fingerprint density at radius 2 is 2.14 bits per heavy atom. The number of anilines is 1. The van der Waals surface area contributed by atoms with Gasteiger partial charge in [0.15, 0.2) is 0 Å². The van der Waals surface area contributed by atoms with E-state index in [1.165, 1.54) is 12.6 Å². The minimum atomic E-state index is -0.467. The van der Waals surface area contributed by atoms with E-state index in [2.05, 4.69) is 28.2 Å². The number of fused-ring (bicyclic) bond motifs is 1. The van der Waals surface area contributed by atoms with Crippen molar-refractivity contribution >= 4 is 11.8 Å². The number of hydrogen-bond acceptors (Lipinski definition) is 6. The first-order chi connectivity index (χ1) is 13.6. The number of rotatable bonds is 6. The van der Waals surface area contributed by atoms with E-state index in [-0.39, 0.29) is 5.97 Å². The normalized spacial score (nSPS) is 23.8. The molecular formula is C21H23N5O2. The van der Waals surface area contributed by atoms with E-state index in [0.717, 1.165) is 54.8 Å². The fourth-order valence-electron chi connectivity index (χ4n) is 4.25. The molecule has 28 heavy (non-hydrogen) atoms. The van der Waals surface area contributed by atoms with Gasteiger partial charge in [0.25, 0.3) is 0 Å². The van der Waals surface area contributed by atoms with Crippen molar-refractivity contribution in [1.82, 2.24) is 14.8 Å². The summed E-state index contributed by atoms with van der Waals surface area (Å²) in [6, 6.07) is 6.62. The lowest BCUT2D eigenvalue weighted by Gasteiger charge is -2.22. The maximum Gasteiger partial charge on any atom is 0.341 e. The van der Waals surface area contributed by atoms with E-state index in [4.69, 9.17) is 9.72 Å². The topological polar surface area (TPSA) is 84.0 Å². The van der Waals surface area contributed by atoms with Crippen LogP contribution in [0.4, 0.5) is 5.82 Å². The SMILES string of the molecule is CCOC(=O)c1cnn(Cc2ccc(N3CC4CC4C3)nc2C2(C#N)CC2)c1. The molecule has 1 saturated heterocycles. The van der Waals surface area contributed by atoms with E-state index >= 15 is 0 Å². The van der Waals surface area contributed by atoms with Gasteiger partial charge in [-0.05, 0) is 49.7 Å². The summed E-state index contributed by atoms with van der Waals surface area (Å²) in [6.07, 6.45) is 6.27. The Bertz CT molecular complexity index is 961. The van der Waals surface area contributed by atoms with Gasteiger partial charge in [-0.25, -0.2) is 9.78 Å². The van der Waals surface area contributed by atoms with Crippen molar-refractivity contribution in [2.45, 2.75) is 38.1 Å². The molecule has 7 nitrogen and oxygen atoms in total. The average Bonchev–Trinajstić information content (AvgIpc) is 3.57. The standard InChI is InChI=1S/C21H23N5O2/c1-2-28-20(27)17-8-23-26(12-17)11-14-3-4-18(25-9-15-7-16(15)10-25)24-19(14)21(13-22)5-6-21/h3-4,8,12,15-16H,2,5-7,9-11H2,1H3. The fourth-order valence-corrected chi connectivity index (χ4v) is 4.25. The van der Waals surface area contributed by atoms with Crippen LogP contribution in [0.3, 0.4) is 0 Å². The summed E-state index contributed by atoms with van der Waals surface area (Å²) in [5, 5.41) is 14.0. The molecule has 0 spiro atoms. The Morgan fingerprint density at radius 3 is 2.82 bits per heavy atom. The lowest BCUT2D eigenvalue weighted by Crippen LogP contribution is -2.24. The van der Waals surface area contributed by atoms with Crippen LogP contribution in [0.5, 0.6) is 0 Å². The van der Waals surface area contributed by atoms with Crippen molar-refractivity contribution in [2.75, 3.05) is 24.6 Å². The third-order valence-electron chi connectivity index (χ3n) is 6.16. The molecule has 144 valence electrons. The van der Waals surface area contributed by atoms with Gasteiger partial charge in [0.2, 0.25) is 0 Å². The Kier molecular flexibility index (Phi) is 3.90. The smallest absolute Gasteiger partial charge is 0.341 e. The number of carbonyl (C=O) groups is 1. The number of pyridine rings is 1. The summed E-state index contributed by atoms with van der Waals surface area (Å²) >= 11 is 0. The van der Waals surface area contributed by atoms with Crippen LogP contribution >= 0.6 is 0 Å². The van der Waals surface area contributed by atoms with E-state index in [0.29, 0.717) is 18.7 Å². The molecule has 2 saturated carbocycles. The molecule has 0 radical (unpaired) electrons. The minimum absolute atomic E-state index is 0.336. The third kappa shape index (κ3) is 2.93. The molecule has 3 aliphatic rings. The first-order valence-electron chi connectivity index (χ1n) is 9.98. The van der Waals surface area contributed by atoms with Crippen LogP contribution in [0.2, 0.25) is 0 Å². The zero-order valence-electron chi connectivity index (χ0n) is 16.0. The Morgan fingerprint density at radius 1 is 1.36 bits per heavy atom. The quantitative estimate of drug-likeness (QED) is 0.719. The first-order valence-corrected chi connectivity index (χ1v) is 9.98. The van der Waals surface area contributed by atoms with Gasteiger partial charge >= 0.3 is 5.97 Å². The average molecular weight is 377 g/mol. The van der Waals surface area contributed by atoms with E-state index in [9.17, 15) is 10.1 Å². The molecule has 1 aliphatic heterocycles. The molecule has 2 atom stereocenters. The molecule has 0 amide bonds. The van der Waals surface area contributed by atoms with Gasteiger partial charge < -0.3 is 9.64 Å². The van der Waals surface area contributed by atoms with E-state index in [1.807, 2.05) is 0 Å². The highest BCUT2D eigenvalue weighted by Crippen LogP contribution is 2.50. The maximum absolute atomic E-state index is 11.9. The lowest BCUT2D eigenvalue weighted by atomic mass is 9.98. The molecular weight excluding hydrogens is 354 g/mol. The van der Waals surface area contributed by atoms with Crippen molar-refractivity contribution in [3.63, 3.8) is 0 Å². The second-order valence-electron chi connectivity index (χ2n) is 8.18. The number of nitriles is 1. The summed E-state index contributed by atoms with van der Waals surface area (Å²) in [4.78, 5) is 19.2. The van der Waals surface area contributed by atoms with Gasteiger partial charge in [-0.3, -0.25) is 4.68 Å². The third-order valence-corrected chi connectivity index (χ3v) is 6.16. The van der Waals surface area contributed by atoms with Gasteiger partial charge in [-0.2, -0.15) is 10.4 Å². The minimum Gasteiger partial charge on any atom is -0.462 e. The highest BCUT2D eigenvalue weighted by atomic mass is 16.5. The van der Waals surface area contributed by atoms with Crippen molar-refractivity contribution < 1.29 is 9.53 Å². The Balaban J connectivity index is 1.42. The molecule has 2 aromatic rings. The number of nitrogens with zero attached hydrogens (tertiary/aromatic N) is 5. The van der Waals surface area contributed by atoms with Crippen molar-refractivity contribution in [3.8, 4) is 6.07 Å². The summed E-state index contributed by atoms with van der Waals surface area (Å²) in [5.74, 6) is 2.29. The molecule has 0 N–H and O–H groups in total. The molecule has 3 heterocycles. The molecule has 2 unspecified atom stereocenters. The molecule has 7 heteroatoms. The van der Waals surface area contributed by atoms with Gasteiger partial charge in [0.1, 0.15) is 5.82 Å². The zero-order chi connectivity index (χ0) is 19.3. The number of aromatic nitrogens is 3. The van der Waals surface area contributed by atoms with Crippen LogP contribution in [0.15, 0.2) is 24.5 Å². The monoisotopic (exact) mass is 377 g/mol. The number of esters is 1. The fraction of sp³-hybridized carbons (Fsp3) is 0.524. The molecule has 5 rings (SSSR count). The second-order valence-corrected chi connectivity index (χ2v) is 8.18. The molecule has 0 bridgehead atoms. The number of ether oxygens (including phenoxy) is 1. The Hall–Kier alpha value is -2.88. The zero-order valence-corrected chi connectivity index (χ0v) is 16.0. The summed E-state index contributed by atoms with van der Waals surface area (Å²) in [6.45, 7) is 4.76. The van der Waals surface area contributed by atoms with Gasteiger partial charge in [0, 0.05) is 19.3 Å². The summed E-state index contributed by atoms with van der Waals surface area (Å²) in [7, 11) is 0. The van der Waals surface area contributed by atoms with Crippen LogP contribution in [-0.4, -0.2) is 40.4 Å². The van der Waals surface area contributed by atoms with Crippen LogP contribution in [0.1, 0.15) is 47.8 Å². The highest BCUT2D eigenvalue weighted by molar-refractivity contribution is 5.88. The number of carbonyl (C=O) groups excluding carboxylic acids is 1. The molecule has 2 aromatic heterocycles. The molecule has 3 fully saturated rings. The predicted octanol–water partition coefficient (Wildman–Crippen LogP) is 2.51. The second kappa shape index (κ2) is 6.33. The van der Waals surface area contributed by atoms with Crippen LogP contribution < -0.4 is 4.90 Å². The highest BCUT2D eigenvalue weighted by Gasteiger charge is 2.49. The predicted molar refractivity (Wildman–Crippen MR) is 102 cm³/mol. The van der Waals surface area contributed by atoms with E-state index in [1.54, 1.807) is 17.8 Å². The summed E-state index contributed by atoms with van der Waals surface area (Å²) < 4.78 is 6.74. The van der Waals surface area contributed by atoms with Gasteiger partial charge in [-0.15, -0.1) is 0 Å². The van der Waals surface area contributed by atoms with Crippen molar-refractivity contribution in [2.24, 2.45) is 11.8 Å². The van der Waals surface area contributed by atoms with Crippen LogP contribution in [0.25, 0.3) is 0 Å². The number of piperidine rings is 1. The lowest BCUT2D eigenvalue weighted by molar-refractivity contribution is 0.0526. The van der Waals surface area contributed by atoms with Crippen molar-refractivity contribution in [3.05, 3.63) is 41.3 Å². The van der Waals surface area contributed by atoms with Crippen molar-refractivity contribution in [1.29, 1.82) is 5.26 Å². The van der Waals surface area contributed by atoms with Crippen LogP contribution in [-0.2, 0) is 16.7 Å². The molecule has 2 aliphatic carbocycles. The van der Waals surface area contributed by atoms with Gasteiger partial charge in [-0.1, -0.05) is 6.07 Å². The molecule has 0 aromatic carbocycles. The summed E-state index contributed by atoms with van der Waals surface area (Å²) in [5.41, 5.74) is 1.84.